The van der Waals surface area contributed by atoms with Gasteiger partial charge < -0.3 is 19.7 Å². The van der Waals surface area contributed by atoms with Crippen LogP contribution in [-0.4, -0.2) is 75.5 Å². The average Bonchev–Trinajstić information content (AvgIpc) is 2.68. The molecule has 2 amide bonds. The van der Waals surface area contributed by atoms with Gasteiger partial charge >= 0.3 is 6.03 Å². The fourth-order valence-electron chi connectivity index (χ4n) is 3.94. The molecule has 1 aromatic rings. The van der Waals surface area contributed by atoms with Gasteiger partial charge in [0.1, 0.15) is 11.9 Å². The van der Waals surface area contributed by atoms with Crippen LogP contribution in [0.5, 0.6) is 5.75 Å². The number of hydrogen-bond acceptors (Lipinski definition) is 6. The molecule has 168 valence electrons. The van der Waals surface area contributed by atoms with Crippen molar-refractivity contribution in [3.05, 3.63) is 30.3 Å². The number of hydrogen-bond donors (Lipinski definition) is 2. The number of carbonyl (C=O) groups excluding carboxylic acids is 1. The molecule has 0 bridgehead atoms. The molecule has 0 spiro atoms. The van der Waals surface area contributed by atoms with Gasteiger partial charge in [0.2, 0.25) is 0 Å². The topological polar surface area (TPSA) is 97.0 Å². The second-order valence-corrected chi connectivity index (χ2v) is 10.2. The summed E-state index contributed by atoms with van der Waals surface area (Å²) in [5, 5.41) is 5.98. The maximum absolute atomic E-state index is 12.5. The van der Waals surface area contributed by atoms with Crippen LogP contribution in [0.1, 0.15) is 32.6 Å². The molecule has 1 saturated heterocycles. The molecule has 2 aliphatic rings. The lowest BCUT2D eigenvalue weighted by Crippen LogP contribution is -2.60. The van der Waals surface area contributed by atoms with Gasteiger partial charge in [-0.2, -0.15) is 0 Å². The molecule has 1 aliphatic heterocycles. The van der Waals surface area contributed by atoms with Gasteiger partial charge in [0.15, 0.2) is 9.84 Å². The van der Waals surface area contributed by atoms with Crippen LogP contribution >= 0.6 is 0 Å². The molecule has 1 aliphatic carbocycles. The number of likely N-dealkylation sites (tertiary alicyclic amines) is 1. The first-order chi connectivity index (χ1) is 14.4. The van der Waals surface area contributed by atoms with Crippen LogP contribution in [0.15, 0.2) is 30.3 Å². The summed E-state index contributed by atoms with van der Waals surface area (Å²) in [6.07, 6.45) is 4.69. The summed E-state index contributed by atoms with van der Waals surface area (Å²) in [5.41, 5.74) is 0. The van der Waals surface area contributed by atoms with Crippen LogP contribution in [0.2, 0.25) is 0 Å². The number of sulfone groups is 1. The third-order valence-electron chi connectivity index (χ3n) is 5.58. The Morgan fingerprint density at radius 3 is 2.60 bits per heavy atom. The molecular weight excluding hydrogens is 406 g/mol. The zero-order valence-electron chi connectivity index (χ0n) is 17.7. The van der Waals surface area contributed by atoms with E-state index in [1.807, 2.05) is 37.3 Å². The summed E-state index contributed by atoms with van der Waals surface area (Å²) >= 11 is 0. The van der Waals surface area contributed by atoms with Gasteiger partial charge in [-0.15, -0.1) is 0 Å². The molecule has 0 aromatic heterocycles. The smallest absolute Gasteiger partial charge is 0.317 e. The van der Waals surface area contributed by atoms with E-state index in [1.165, 1.54) is 6.26 Å². The highest BCUT2D eigenvalue weighted by Crippen LogP contribution is 2.29. The average molecular weight is 440 g/mol. The van der Waals surface area contributed by atoms with Crippen molar-refractivity contribution < 1.29 is 22.7 Å². The van der Waals surface area contributed by atoms with Gasteiger partial charge in [0.25, 0.3) is 0 Å². The number of piperidine rings is 1. The third kappa shape index (κ3) is 6.58. The molecule has 3 rings (SSSR count). The van der Waals surface area contributed by atoms with Gasteiger partial charge in [0, 0.05) is 38.2 Å². The SMILES string of the molecule is CCNC(=O)N1CCC[C@H](NCS(C)(=O)=O)[C@@H]1COC1CC(Oc2ccccc2)C1. The molecule has 30 heavy (non-hydrogen) atoms. The van der Waals surface area contributed by atoms with Crippen molar-refractivity contribution in [1.82, 2.24) is 15.5 Å². The molecular formula is C21H33N3O5S. The predicted octanol–water partition coefficient (Wildman–Crippen LogP) is 1.77. The summed E-state index contributed by atoms with van der Waals surface area (Å²) in [6.45, 7) is 3.45. The van der Waals surface area contributed by atoms with E-state index >= 15 is 0 Å². The van der Waals surface area contributed by atoms with E-state index < -0.39 is 9.84 Å². The molecule has 2 N–H and O–H groups in total. The van der Waals surface area contributed by atoms with Gasteiger partial charge in [-0.1, -0.05) is 18.2 Å². The van der Waals surface area contributed by atoms with E-state index in [1.54, 1.807) is 4.90 Å². The normalized spacial score (nSPS) is 26.7. The molecule has 9 heteroatoms. The van der Waals surface area contributed by atoms with Crippen LogP contribution in [0.3, 0.4) is 0 Å². The lowest BCUT2D eigenvalue weighted by Gasteiger charge is -2.43. The number of nitrogens with one attached hydrogen (secondary N) is 2. The quantitative estimate of drug-likeness (QED) is 0.609. The summed E-state index contributed by atoms with van der Waals surface area (Å²) in [4.78, 5) is 14.3. The number of rotatable bonds is 9. The summed E-state index contributed by atoms with van der Waals surface area (Å²) in [5.74, 6) is 0.758. The number of amides is 2. The van der Waals surface area contributed by atoms with Crippen molar-refractivity contribution in [2.24, 2.45) is 0 Å². The maximum Gasteiger partial charge on any atom is 0.317 e. The van der Waals surface area contributed by atoms with Crippen molar-refractivity contribution in [3.8, 4) is 5.75 Å². The largest absolute Gasteiger partial charge is 0.490 e. The standard InChI is InChI=1S/C21H33N3O5S/c1-3-22-21(25)24-11-7-10-19(23-15-30(2,26)27)20(24)14-28-17-12-18(13-17)29-16-8-5-4-6-9-16/h4-6,8-9,17-20,23H,3,7,10-15H2,1-2H3,(H,22,25)/t17?,18?,19-,20-/m0/s1. The minimum Gasteiger partial charge on any atom is -0.490 e. The van der Waals surface area contributed by atoms with Crippen LogP contribution < -0.4 is 15.4 Å². The highest BCUT2D eigenvalue weighted by molar-refractivity contribution is 7.90. The Kier molecular flexibility index (Phi) is 7.96. The van der Waals surface area contributed by atoms with Crippen LogP contribution in [0.4, 0.5) is 4.79 Å². The number of nitrogens with zero attached hydrogens (tertiary/aromatic N) is 1. The van der Waals surface area contributed by atoms with E-state index in [-0.39, 0.29) is 36.2 Å². The second-order valence-electron chi connectivity index (χ2n) is 8.10. The highest BCUT2D eigenvalue weighted by atomic mass is 32.2. The Labute approximate surface area is 179 Å². The fourth-order valence-corrected chi connectivity index (χ4v) is 4.46. The van der Waals surface area contributed by atoms with Crippen molar-refractivity contribution in [1.29, 1.82) is 0 Å². The van der Waals surface area contributed by atoms with E-state index in [2.05, 4.69) is 10.6 Å². The molecule has 1 saturated carbocycles. The molecule has 8 nitrogen and oxygen atoms in total. The van der Waals surface area contributed by atoms with Gasteiger partial charge in [0.05, 0.1) is 24.6 Å². The van der Waals surface area contributed by atoms with Crippen molar-refractivity contribution >= 4 is 15.9 Å². The number of benzene rings is 1. The Morgan fingerprint density at radius 1 is 1.20 bits per heavy atom. The predicted molar refractivity (Wildman–Crippen MR) is 115 cm³/mol. The Balaban J connectivity index is 1.54. The van der Waals surface area contributed by atoms with Crippen LogP contribution in [0, 0.1) is 0 Å². The first kappa shape index (κ1) is 22.8. The van der Waals surface area contributed by atoms with Crippen LogP contribution in [-0.2, 0) is 14.6 Å². The number of urea groups is 1. The molecule has 2 atom stereocenters. The number of para-hydroxylation sites is 1. The Hall–Kier alpha value is -1.84. The molecule has 1 heterocycles. The zero-order valence-corrected chi connectivity index (χ0v) is 18.6. The summed E-state index contributed by atoms with van der Waals surface area (Å²) < 4.78 is 35.3. The lowest BCUT2D eigenvalue weighted by atomic mass is 9.91. The third-order valence-corrected chi connectivity index (χ3v) is 6.27. The molecule has 0 radical (unpaired) electrons. The van der Waals surface area contributed by atoms with Crippen molar-refractivity contribution in [2.45, 2.75) is 56.9 Å². The minimum atomic E-state index is -3.14. The maximum atomic E-state index is 12.5. The Morgan fingerprint density at radius 2 is 1.93 bits per heavy atom. The van der Waals surface area contributed by atoms with Crippen molar-refractivity contribution in [3.63, 3.8) is 0 Å². The first-order valence-electron chi connectivity index (χ1n) is 10.6. The van der Waals surface area contributed by atoms with E-state index in [0.717, 1.165) is 31.4 Å². The summed E-state index contributed by atoms with van der Waals surface area (Å²) in [6, 6.07) is 9.29. The van der Waals surface area contributed by atoms with Gasteiger partial charge in [-0.05, 0) is 31.9 Å². The zero-order chi connectivity index (χ0) is 21.6. The molecule has 0 unspecified atom stereocenters. The molecule has 2 fully saturated rings. The number of carbonyl (C=O) groups is 1. The van der Waals surface area contributed by atoms with E-state index in [9.17, 15) is 13.2 Å². The van der Waals surface area contributed by atoms with Gasteiger partial charge in [-0.3, -0.25) is 5.32 Å². The van der Waals surface area contributed by atoms with E-state index in [4.69, 9.17) is 9.47 Å². The van der Waals surface area contributed by atoms with Gasteiger partial charge in [-0.25, -0.2) is 13.2 Å². The second kappa shape index (κ2) is 10.5. The van der Waals surface area contributed by atoms with E-state index in [0.29, 0.717) is 19.7 Å². The highest BCUT2D eigenvalue weighted by Gasteiger charge is 2.37. The monoisotopic (exact) mass is 439 g/mol. The Bertz CT molecular complexity index is 783. The van der Waals surface area contributed by atoms with Crippen molar-refractivity contribution in [2.75, 3.05) is 31.8 Å². The van der Waals surface area contributed by atoms with Crippen LogP contribution in [0.25, 0.3) is 0 Å². The lowest BCUT2D eigenvalue weighted by molar-refractivity contribution is -0.0799. The number of ether oxygens (including phenoxy) is 2. The minimum absolute atomic E-state index is 0.0901. The first-order valence-corrected chi connectivity index (χ1v) is 12.7. The summed E-state index contributed by atoms with van der Waals surface area (Å²) in [7, 11) is -3.14. The fraction of sp³-hybridized carbons (Fsp3) is 0.667. The molecule has 1 aromatic carbocycles.